The van der Waals surface area contributed by atoms with Gasteiger partial charge in [-0.25, -0.2) is 0 Å². The fourth-order valence-electron chi connectivity index (χ4n) is 1.55. The summed E-state index contributed by atoms with van der Waals surface area (Å²) in [5.41, 5.74) is 7.60. The van der Waals surface area contributed by atoms with Crippen LogP contribution in [0.2, 0.25) is 0 Å². The Kier molecular flexibility index (Phi) is 5.49. The summed E-state index contributed by atoms with van der Waals surface area (Å²) in [7, 11) is 3.42. The number of aryl methyl sites for hydroxylation is 1. The predicted octanol–water partition coefficient (Wildman–Crippen LogP) is 1.31. The highest BCUT2D eigenvalue weighted by molar-refractivity contribution is 5.76. The van der Waals surface area contributed by atoms with Gasteiger partial charge in [0.15, 0.2) is 0 Å². The van der Waals surface area contributed by atoms with Crippen LogP contribution in [0.15, 0.2) is 24.3 Å². The molecular formula is C13H20N2O2. The molecule has 0 radical (unpaired) electrons. The van der Waals surface area contributed by atoms with Crippen LogP contribution in [0.4, 0.5) is 5.69 Å². The molecule has 0 aliphatic heterocycles. The predicted molar refractivity (Wildman–Crippen MR) is 68.7 cm³/mol. The van der Waals surface area contributed by atoms with E-state index in [1.807, 2.05) is 24.3 Å². The van der Waals surface area contributed by atoms with Gasteiger partial charge in [0.25, 0.3) is 0 Å². The normalized spacial score (nSPS) is 10.2. The molecule has 17 heavy (non-hydrogen) atoms. The van der Waals surface area contributed by atoms with Crippen LogP contribution in [0.25, 0.3) is 0 Å². The van der Waals surface area contributed by atoms with Crippen molar-refractivity contribution in [3.63, 3.8) is 0 Å². The SMILES string of the molecule is COCCN(C)C(=O)CCc1ccccc1N. The molecule has 0 aliphatic carbocycles. The monoisotopic (exact) mass is 236 g/mol. The van der Waals surface area contributed by atoms with E-state index in [-0.39, 0.29) is 5.91 Å². The number of carbonyl (C=O) groups excluding carboxylic acids is 1. The summed E-state index contributed by atoms with van der Waals surface area (Å²) in [4.78, 5) is 13.4. The second kappa shape index (κ2) is 6.91. The van der Waals surface area contributed by atoms with Crippen molar-refractivity contribution in [2.75, 3.05) is 33.0 Å². The summed E-state index contributed by atoms with van der Waals surface area (Å²) in [5.74, 6) is 0.116. The van der Waals surface area contributed by atoms with Crippen LogP contribution >= 0.6 is 0 Å². The van der Waals surface area contributed by atoms with Crippen LogP contribution < -0.4 is 5.73 Å². The maximum atomic E-state index is 11.8. The lowest BCUT2D eigenvalue weighted by Crippen LogP contribution is -2.30. The first-order chi connectivity index (χ1) is 8.15. The van der Waals surface area contributed by atoms with Gasteiger partial charge in [-0.15, -0.1) is 0 Å². The van der Waals surface area contributed by atoms with Crippen molar-refractivity contribution in [2.45, 2.75) is 12.8 Å². The molecule has 94 valence electrons. The summed E-state index contributed by atoms with van der Waals surface area (Å²) in [6.07, 6.45) is 1.16. The van der Waals surface area contributed by atoms with Crippen molar-refractivity contribution in [3.8, 4) is 0 Å². The number of nitrogens with two attached hydrogens (primary N) is 1. The number of nitrogens with zero attached hydrogens (tertiary/aromatic N) is 1. The molecule has 2 N–H and O–H groups in total. The van der Waals surface area contributed by atoms with Crippen molar-refractivity contribution >= 4 is 11.6 Å². The fraction of sp³-hybridized carbons (Fsp3) is 0.462. The molecule has 0 saturated carbocycles. The highest BCUT2D eigenvalue weighted by Crippen LogP contribution is 2.13. The van der Waals surface area contributed by atoms with E-state index in [1.54, 1.807) is 19.1 Å². The van der Waals surface area contributed by atoms with Crippen LogP contribution in [0.5, 0.6) is 0 Å². The van der Waals surface area contributed by atoms with Gasteiger partial charge in [0.05, 0.1) is 6.61 Å². The standard InChI is InChI=1S/C13H20N2O2/c1-15(9-10-17-2)13(16)8-7-11-5-3-4-6-12(11)14/h3-6H,7-10,14H2,1-2H3. The van der Waals surface area contributed by atoms with Gasteiger partial charge < -0.3 is 15.4 Å². The Balaban J connectivity index is 2.40. The first kappa shape index (κ1) is 13.5. The number of anilines is 1. The zero-order valence-electron chi connectivity index (χ0n) is 10.5. The maximum absolute atomic E-state index is 11.8. The molecule has 4 nitrogen and oxygen atoms in total. The van der Waals surface area contributed by atoms with Crippen LogP contribution in [-0.2, 0) is 16.0 Å². The van der Waals surface area contributed by atoms with E-state index in [4.69, 9.17) is 10.5 Å². The number of benzene rings is 1. The zero-order valence-corrected chi connectivity index (χ0v) is 10.5. The van der Waals surface area contributed by atoms with Crippen molar-refractivity contribution in [2.24, 2.45) is 0 Å². The summed E-state index contributed by atoms with van der Waals surface area (Å²) in [5, 5.41) is 0. The van der Waals surface area contributed by atoms with E-state index in [0.717, 1.165) is 11.3 Å². The third kappa shape index (κ3) is 4.44. The lowest BCUT2D eigenvalue weighted by atomic mass is 10.1. The highest BCUT2D eigenvalue weighted by Gasteiger charge is 2.09. The molecule has 0 saturated heterocycles. The lowest BCUT2D eigenvalue weighted by Gasteiger charge is -2.16. The van der Waals surface area contributed by atoms with E-state index < -0.39 is 0 Å². The first-order valence-corrected chi connectivity index (χ1v) is 5.71. The van der Waals surface area contributed by atoms with Gasteiger partial charge in [0.2, 0.25) is 5.91 Å². The lowest BCUT2D eigenvalue weighted by molar-refractivity contribution is -0.130. The Bertz CT molecular complexity index is 366. The molecule has 4 heteroatoms. The molecule has 0 fully saturated rings. The van der Waals surface area contributed by atoms with E-state index >= 15 is 0 Å². The number of hydrogen-bond donors (Lipinski definition) is 1. The van der Waals surface area contributed by atoms with Gasteiger partial charge >= 0.3 is 0 Å². The van der Waals surface area contributed by atoms with E-state index in [0.29, 0.717) is 26.0 Å². The number of para-hydroxylation sites is 1. The number of carbonyl (C=O) groups is 1. The van der Waals surface area contributed by atoms with Crippen LogP contribution in [0, 0.1) is 0 Å². The minimum Gasteiger partial charge on any atom is -0.399 e. The second-order valence-corrected chi connectivity index (χ2v) is 4.01. The summed E-state index contributed by atoms with van der Waals surface area (Å²) >= 11 is 0. The number of methoxy groups -OCH3 is 1. The number of hydrogen-bond acceptors (Lipinski definition) is 3. The quantitative estimate of drug-likeness (QED) is 0.758. The Labute approximate surface area is 102 Å². The van der Waals surface area contributed by atoms with Crippen molar-refractivity contribution < 1.29 is 9.53 Å². The van der Waals surface area contributed by atoms with Gasteiger partial charge in [0.1, 0.15) is 0 Å². The summed E-state index contributed by atoms with van der Waals surface area (Å²) < 4.78 is 4.93. The number of rotatable bonds is 6. The molecule has 1 rings (SSSR count). The molecule has 0 bridgehead atoms. The Morgan fingerprint density at radius 1 is 1.41 bits per heavy atom. The van der Waals surface area contributed by atoms with Crippen molar-refractivity contribution in [1.82, 2.24) is 4.90 Å². The van der Waals surface area contributed by atoms with Gasteiger partial charge in [-0.2, -0.15) is 0 Å². The van der Waals surface area contributed by atoms with Gasteiger partial charge in [0, 0.05) is 32.8 Å². The van der Waals surface area contributed by atoms with Crippen LogP contribution in [-0.4, -0.2) is 38.1 Å². The highest BCUT2D eigenvalue weighted by atomic mass is 16.5. The molecule has 0 spiro atoms. The van der Waals surface area contributed by atoms with Gasteiger partial charge in [-0.1, -0.05) is 18.2 Å². The minimum absolute atomic E-state index is 0.116. The average molecular weight is 236 g/mol. The van der Waals surface area contributed by atoms with E-state index in [1.165, 1.54) is 0 Å². The number of nitrogen functional groups attached to an aromatic ring is 1. The fourth-order valence-corrected chi connectivity index (χ4v) is 1.55. The minimum atomic E-state index is 0.116. The molecule has 0 heterocycles. The largest absolute Gasteiger partial charge is 0.399 e. The maximum Gasteiger partial charge on any atom is 0.222 e. The molecular weight excluding hydrogens is 216 g/mol. The summed E-state index contributed by atoms with van der Waals surface area (Å²) in [6.45, 7) is 1.19. The van der Waals surface area contributed by atoms with E-state index in [9.17, 15) is 4.79 Å². The summed E-state index contributed by atoms with van der Waals surface area (Å²) in [6, 6.07) is 7.64. The Morgan fingerprint density at radius 2 is 2.12 bits per heavy atom. The second-order valence-electron chi connectivity index (χ2n) is 4.01. The number of amides is 1. The average Bonchev–Trinajstić information content (AvgIpc) is 2.34. The molecule has 0 unspecified atom stereocenters. The Morgan fingerprint density at radius 3 is 2.76 bits per heavy atom. The van der Waals surface area contributed by atoms with Gasteiger partial charge in [-0.3, -0.25) is 4.79 Å². The molecule has 1 aromatic rings. The van der Waals surface area contributed by atoms with E-state index in [2.05, 4.69) is 0 Å². The smallest absolute Gasteiger partial charge is 0.222 e. The van der Waals surface area contributed by atoms with Crippen LogP contribution in [0.1, 0.15) is 12.0 Å². The van der Waals surface area contributed by atoms with Gasteiger partial charge in [-0.05, 0) is 18.1 Å². The molecule has 0 atom stereocenters. The molecule has 0 aromatic heterocycles. The Hall–Kier alpha value is -1.55. The first-order valence-electron chi connectivity index (χ1n) is 5.71. The molecule has 1 aromatic carbocycles. The topological polar surface area (TPSA) is 55.6 Å². The molecule has 0 aliphatic rings. The number of ether oxygens (including phenoxy) is 1. The zero-order chi connectivity index (χ0) is 12.7. The third-order valence-corrected chi connectivity index (χ3v) is 2.72. The molecule has 1 amide bonds. The number of likely N-dealkylation sites (N-methyl/N-ethyl adjacent to an activating group) is 1. The van der Waals surface area contributed by atoms with Crippen molar-refractivity contribution in [3.05, 3.63) is 29.8 Å². The van der Waals surface area contributed by atoms with Crippen LogP contribution in [0.3, 0.4) is 0 Å². The van der Waals surface area contributed by atoms with Crippen molar-refractivity contribution in [1.29, 1.82) is 0 Å². The third-order valence-electron chi connectivity index (χ3n) is 2.72.